The fourth-order valence-corrected chi connectivity index (χ4v) is 2.18. The Balaban J connectivity index is -0.000000240. The van der Waals surface area contributed by atoms with Gasteiger partial charge >= 0.3 is 0 Å². The van der Waals surface area contributed by atoms with Gasteiger partial charge in [-0.15, -0.1) is 6.04 Å². The molecule has 1 aliphatic rings. The molecule has 0 aromatic rings. The molecule has 2 nitrogen and oxygen atoms in total. The van der Waals surface area contributed by atoms with E-state index in [1.54, 1.807) is 0 Å². The van der Waals surface area contributed by atoms with Crippen LogP contribution in [0.15, 0.2) is 12.2 Å². The second-order valence-corrected chi connectivity index (χ2v) is 6.03. The van der Waals surface area contributed by atoms with Crippen LogP contribution in [0, 0.1) is 11.8 Å². The van der Waals surface area contributed by atoms with Crippen LogP contribution in [0.2, 0.25) is 0 Å². The van der Waals surface area contributed by atoms with Gasteiger partial charge in [-0.1, -0.05) is 84.3 Å². The molecule has 1 unspecified atom stereocenters. The van der Waals surface area contributed by atoms with Crippen LogP contribution < -0.4 is 0 Å². The molecule has 0 aromatic carbocycles. The third-order valence-corrected chi connectivity index (χ3v) is 3.45. The number of allylic oxidation sites excluding steroid dienone is 2. The number of hydrogen-bond acceptors (Lipinski definition) is 1. The number of aliphatic hydroxyl groups excluding tert-OH is 1. The fraction of sp³-hybridized carbons (Fsp3) is 0.889. The molecule has 21 heavy (non-hydrogen) atoms. The Kier molecular flexibility index (Phi) is 26.4. The minimum atomic E-state index is 0. The molecule has 1 saturated carbocycles. The van der Waals surface area contributed by atoms with E-state index in [9.17, 15) is 0 Å². The van der Waals surface area contributed by atoms with Crippen molar-refractivity contribution in [3.05, 3.63) is 17.9 Å². The second kappa shape index (κ2) is 20.8. The van der Waals surface area contributed by atoms with Crippen molar-refractivity contribution in [3.8, 4) is 0 Å². The van der Waals surface area contributed by atoms with Gasteiger partial charge in [0.2, 0.25) is 0 Å². The Labute approximate surface area is 159 Å². The molecule has 0 saturated heterocycles. The number of rotatable bonds is 4. The minimum Gasteiger partial charge on any atom is -0.675 e. The van der Waals surface area contributed by atoms with Crippen molar-refractivity contribution in [1.29, 1.82) is 0 Å². The van der Waals surface area contributed by atoms with Crippen LogP contribution in [0.3, 0.4) is 0 Å². The summed E-state index contributed by atoms with van der Waals surface area (Å²) in [7, 11) is 0. The third-order valence-electron chi connectivity index (χ3n) is 3.45. The number of hydrogen-bond donors (Lipinski definition) is 1. The van der Waals surface area contributed by atoms with Crippen molar-refractivity contribution in [3.63, 3.8) is 0 Å². The molecule has 1 aliphatic carbocycles. The zero-order valence-electron chi connectivity index (χ0n) is 15.1. The first-order chi connectivity index (χ1) is 9.49. The Morgan fingerprint density at radius 2 is 1.67 bits per heavy atom. The van der Waals surface area contributed by atoms with Crippen LogP contribution >= 0.6 is 0 Å². The number of aliphatic hydroxyl groups is 1. The predicted molar refractivity (Wildman–Crippen MR) is 92.0 cm³/mol. The average molecular weight is 373 g/mol. The number of nitrogens with one attached hydrogen (secondary N) is 1. The van der Waals surface area contributed by atoms with Gasteiger partial charge in [-0.05, 0) is 19.3 Å². The summed E-state index contributed by atoms with van der Waals surface area (Å²) in [4.78, 5) is 0. The molecule has 1 radical (unpaired) electrons. The Morgan fingerprint density at radius 3 is 1.81 bits per heavy atom. The van der Waals surface area contributed by atoms with E-state index in [4.69, 9.17) is 10.8 Å². The van der Waals surface area contributed by atoms with Gasteiger partial charge in [-0.2, -0.15) is 0 Å². The molecule has 1 atom stereocenters. The standard InChI is InChI=1S/C8H16N.C6H12.C4H10O.Y/c1-7(9)8-5-3-2-4-6-8;1-4-5-6(2)3;1-2-3-4-5;/h7-9H,2-6H2,1H3;4-6H,1-3H3;5H,2-4H2,1H3;/q-1;;;/b;5-4-;;. The SMILES string of the molecule is C/C=C\C(C)C.CC([NH-])C1CCCCC1.CCCCO.[Y]. The van der Waals surface area contributed by atoms with Gasteiger partial charge in [0, 0.05) is 39.3 Å². The Hall–Kier alpha value is 0.764. The number of unbranched alkanes of at least 4 members (excludes halogenated alkanes) is 1. The predicted octanol–water partition coefficient (Wildman–Crippen LogP) is 6.00. The van der Waals surface area contributed by atoms with Crippen LogP contribution in [-0.4, -0.2) is 17.8 Å². The summed E-state index contributed by atoms with van der Waals surface area (Å²) in [5, 5.41) is 8.07. The summed E-state index contributed by atoms with van der Waals surface area (Å²) >= 11 is 0. The van der Waals surface area contributed by atoms with E-state index in [1.807, 2.05) is 13.8 Å². The monoisotopic (exact) mass is 373 g/mol. The molecular weight excluding hydrogens is 335 g/mol. The smallest absolute Gasteiger partial charge is 0.0430 e. The van der Waals surface area contributed by atoms with E-state index in [0.29, 0.717) is 6.61 Å². The van der Waals surface area contributed by atoms with Crippen LogP contribution in [-0.2, 0) is 32.7 Å². The van der Waals surface area contributed by atoms with E-state index in [0.717, 1.165) is 24.7 Å². The molecule has 0 amide bonds. The summed E-state index contributed by atoms with van der Waals surface area (Å²) in [6.07, 6.45) is 13.0. The first-order valence-electron chi connectivity index (χ1n) is 8.44. The summed E-state index contributed by atoms with van der Waals surface area (Å²) in [5.41, 5.74) is 7.47. The Morgan fingerprint density at radius 1 is 1.14 bits per heavy atom. The van der Waals surface area contributed by atoms with Crippen LogP contribution in [0.5, 0.6) is 0 Å². The third kappa shape index (κ3) is 23.2. The molecule has 0 bridgehead atoms. The van der Waals surface area contributed by atoms with E-state index in [1.165, 1.54) is 32.1 Å². The maximum absolute atomic E-state index is 8.07. The van der Waals surface area contributed by atoms with Gasteiger partial charge in [0.05, 0.1) is 0 Å². The van der Waals surface area contributed by atoms with Crippen molar-refractivity contribution in [2.24, 2.45) is 11.8 Å². The maximum atomic E-state index is 8.07. The maximum Gasteiger partial charge on any atom is 0.0430 e. The van der Waals surface area contributed by atoms with Crippen LogP contribution in [0.25, 0.3) is 5.73 Å². The molecule has 0 aliphatic heterocycles. The van der Waals surface area contributed by atoms with Gasteiger partial charge < -0.3 is 10.8 Å². The fourth-order valence-electron chi connectivity index (χ4n) is 2.18. The second-order valence-electron chi connectivity index (χ2n) is 6.03. The molecular formula is C18H38NOY-. The van der Waals surface area contributed by atoms with Crippen molar-refractivity contribution in [1.82, 2.24) is 0 Å². The molecule has 3 heteroatoms. The average Bonchev–Trinajstić information content (AvgIpc) is 2.42. The van der Waals surface area contributed by atoms with E-state index < -0.39 is 0 Å². The zero-order chi connectivity index (χ0) is 15.8. The van der Waals surface area contributed by atoms with Gasteiger partial charge in [0.15, 0.2) is 0 Å². The molecule has 2 N–H and O–H groups in total. The Bertz CT molecular complexity index is 197. The first-order valence-corrected chi connectivity index (χ1v) is 8.44. The molecule has 0 spiro atoms. The molecule has 0 aromatic heterocycles. The summed E-state index contributed by atoms with van der Waals surface area (Å²) in [6, 6.07) is 0.185. The normalized spacial score (nSPS) is 16.4. The molecule has 1 rings (SSSR count). The topological polar surface area (TPSA) is 44.0 Å². The molecule has 0 heterocycles. The van der Waals surface area contributed by atoms with Gasteiger partial charge in [-0.25, -0.2) is 0 Å². The largest absolute Gasteiger partial charge is 0.675 e. The van der Waals surface area contributed by atoms with Crippen molar-refractivity contribution >= 4 is 0 Å². The summed E-state index contributed by atoms with van der Waals surface area (Å²) in [6.45, 7) is 10.8. The van der Waals surface area contributed by atoms with E-state index in [-0.39, 0.29) is 38.8 Å². The van der Waals surface area contributed by atoms with Crippen molar-refractivity contribution in [2.45, 2.75) is 85.6 Å². The van der Waals surface area contributed by atoms with E-state index >= 15 is 0 Å². The molecule has 1 fully saturated rings. The van der Waals surface area contributed by atoms with Crippen molar-refractivity contribution in [2.75, 3.05) is 6.61 Å². The van der Waals surface area contributed by atoms with Crippen molar-refractivity contribution < 1.29 is 37.8 Å². The minimum absolute atomic E-state index is 0. The van der Waals surface area contributed by atoms with Gasteiger partial charge in [0.1, 0.15) is 0 Å². The summed E-state index contributed by atoms with van der Waals surface area (Å²) < 4.78 is 0. The summed E-state index contributed by atoms with van der Waals surface area (Å²) in [5.74, 6) is 1.44. The molecule has 125 valence electrons. The first kappa shape index (κ1) is 26.7. The quantitative estimate of drug-likeness (QED) is 0.603. The van der Waals surface area contributed by atoms with Gasteiger partial charge in [-0.3, -0.25) is 0 Å². The van der Waals surface area contributed by atoms with Gasteiger partial charge in [0.25, 0.3) is 0 Å². The van der Waals surface area contributed by atoms with Crippen LogP contribution in [0.1, 0.15) is 79.6 Å². The van der Waals surface area contributed by atoms with E-state index in [2.05, 4.69) is 32.9 Å². The van der Waals surface area contributed by atoms with Crippen LogP contribution in [0.4, 0.5) is 0 Å². The zero-order valence-corrected chi connectivity index (χ0v) is 17.9.